The summed E-state index contributed by atoms with van der Waals surface area (Å²) in [5.41, 5.74) is 4.11. The fraction of sp³-hybridized carbons (Fsp3) is 0.862. The summed E-state index contributed by atoms with van der Waals surface area (Å²) in [7, 11) is -0.0849. The molecular formula is C29H52N2O4Si2. The van der Waals surface area contributed by atoms with Crippen molar-refractivity contribution in [3.05, 3.63) is 11.6 Å². The quantitative estimate of drug-likeness (QED) is 0.182. The van der Waals surface area contributed by atoms with Gasteiger partial charge in [0.15, 0.2) is 16.6 Å². The maximum absolute atomic E-state index is 7.17. The minimum absolute atomic E-state index is 0.153. The van der Waals surface area contributed by atoms with Gasteiger partial charge in [-0.2, -0.15) is 0 Å². The molecule has 0 bridgehead atoms. The molecule has 3 saturated carbocycles. The molecule has 0 saturated heterocycles. The zero-order valence-electron chi connectivity index (χ0n) is 25.1. The molecule has 4 rings (SSSR count). The molecule has 0 aromatic carbocycles. The summed E-state index contributed by atoms with van der Waals surface area (Å²) in [6.45, 7) is 19.5. The number of rotatable bonds is 8. The summed E-state index contributed by atoms with van der Waals surface area (Å²) in [5.74, 6) is 2.31. The average Bonchev–Trinajstić information content (AvgIpc) is 3.11. The van der Waals surface area contributed by atoms with Crippen LogP contribution in [0.5, 0.6) is 0 Å². The molecule has 3 fully saturated rings. The van der Waals surface area contributed by atoms with Gasteiger partial charge in [-0.25, -0.2) is 0 Å². The summed E-state index contributed by atoms with van der Waals surface area (Å²) in [6.07, 6.45) is 10.7. The molecule has 0 aromatic heterocycles. The Kier molecular flexibility index (Phi) is 8.27. The van der Waals surface area contributed by atoms with Crippen LogP contribution in [-0.4, -0.2) is 55.0 Å². The van der Waals surface area contributed by atoms with Crippen molar-refractivity contribution < 1.29 is 18.5 Å². The lowest BCUT2D eigenvalue weighted by Crippen LogP contribution is -2.59. The van der Waals surface area contributed by atoms with E-state index in [1.165, 1.54) is 19.3 Å². The zero-order valence-corrected chi connectivity index (χ0v) is 27.1. The van der Waals surface area contributed by atoms with E-state index in [0.29, 0.717) is 30.3 Å². The maximum atomic E-state index is 7.17. The molecule has 6 nitrogen and oxygen atoms in total. The van der Waals surface area contributed by atoms with Crippen LogP contribution in [0.15, 0.2) is 22.0 Å². The first kappa shape index (κ1) is 29.0. The second-order valence-electron chi connectivity index (χ2n) is 14.5. The smallest absolute Gasteiger partial charge is 0.184 e. The molecule has 210 valence electrons. The fourth-order valence-electron chi connectivity index (χ4n) is 8.56. The van der Waals surface area contributed by atoms with Crippen molar-refractivity contribution in [3.8, 4) is 0 Å². The molecule has 0 radical (unpaired) electrons. The van der Waals surface area contributed by atoms with Crippen LogP contribution in [0.1, 0.15) is 58.8 Å². The fourth-order valence-corrected chi connectivity index (χ4v) is 10.3. The third-order valence-electron chi connectivity index (χ3n) is 9.86. The van der Waals surface area contributed by atoms with Gasteiger partial charge in [0.25, 0.3) is 0 Å². The molecule has 8 heteroatoms. The van der Waals surface area contributed by atoms with E-state index < -0.39 is 16.6 Å². The minimum atomic E-state index is -1.76. The van der Waals surface area contributed by atoms with E-state index >= 15 is 0 Å². The molecule has 0 spiro atoms. The lowest BCUT2D eigenvalue weighted by atomic mass is 9.46. The highest BCUT2D eigenvalue weighted by Crippen LogP contribution is 2.67. The lowest BCUT2D eigenvalue weighted by Gasteiger charge is -2.61. The van der Waals surface area contributed by atoms with Crippen LogP contribution in [-0.2, 0) is 18.5 Å². The molecule has 0 amide bonds. The molecule has 7 atom stereocenters. The Labute approximate surface area is 227 Å². The van der Waals surface area contributed by atoms with Gasteiger partial charge in [0.2, 0.25) is 0 Å². The number of hydrogen-bond acceptors (Lipinski definition) is 6. The van der Waals surface area contributed by atoms with Crippen LogP contribution >= 0.6 is 0 Å². The van der Waals surface area contributed by atoms with Gasteiger partial charge in [-0.1, -0.05) is 29.7 Å². The zero-order chi connectivity index (χ0) is 27.2. The highest BCUT2D eigenvalue weighted by Gasteiger charge is 2.63. The first-order chi connectivity index (χ1) is 17.2. The van der Waals surface area contributed by atoms with E-state index in [-0.39, 0.29) is 16.9 Å². The van der Waals surface area contributed by atoms with Gasteiger partial charge in [0.1, 0.15) is 14.2 Å². The van der Waals surface area contributed by atoms with Crippen molar-refractivity contribution >= 4 is 28.1 Å². The summed E-state index contributed by atoms with van der Waals surface area (Å²) in [6, 6.07) is 0. The van der Waals surface area contributed by atoms with Crippen LogP contribution in [0.3, 0.4) is 0 Å². The third kappa shape index (κ3) is 5.82. The number of fused-ring (bicyclic) bond motifs is 5. The molecule has 0 N–H and O–H groups in total. The van der Waals surface area contributed by atoms with Gasteiger partial charge < -0.3 is 18.5 Å². The molecular weight excluding hydrogens is 497 g/mol. The van der Waals surface area contributed by atoms with Crippen molar-refractivity contribution in [2.45, 2.75) is 104 Å². The van der Waals surface area contributed by atoms with Gasteiger partial charge in [-0.3, -0.25) is 0 Å². The first-order valence-electron chi connectivity index (χ1n) is 14.4. The Morgan fingerprint density at radius 2 is 1.70 bits per heavy atom. The first-order valence-corrected chi connectivity index (χ1v) is 21.3. The SMILES string of the molecule is CO/N=C(\CO[Si](C)(C)C)[C@H]1CCC2C3CCC4=C/C(=N/OC)CC[C@]4(C)C3C(O[Si](C)(C)C)C[C@@]21C. The Hall–Kier alpha value is -0.966. The molecule has 4 aliphatic carbocycles. The van der Waals surface area contributed by atoms with E-state index in [1.54, 1.807) is 19.8 Å². The second kappa shape index (κ2) is 10.5. The van der Waals surface area contributed by atoms with Gasteiger partial charge in [0.05, 0.1) is 18.0 Å². The number of oxime groups is 2. The number of allylic oxidation sites excluding steroid dienone is 2. The van der Waals surface area contributed by atoms with E-state index in [2.05, 4.69) is 69.5 Å². The van der Waals surface area contributed by atoms with Crippen LogP contribution in [0.2, 0.25) is 39.3 Å². The molecule has 4 unspecified atom stereocenters. The van der Waals surface area contributed by atoms with Crippen LogP contribution < -0.4 is 0 Å². The van der Waals surface area contributed by atoms with Crippen LogP contribution in [0.25, 0.3) is 0 Å². The Morgan fingerprint density at radius 3 is 2.32 bits per heavy atom. The number of nitrogens with zero attached hydrogens (tertiary/aromatic N) is 2. The van der Waals surface area contributed by atoms with Crippen molar-refractivity contribution in [1.82, 2.24) is 0 Å². The molecule has 37 heavy (non-hydrogen) atoms. The minimum Gasteiger partial charge on any atom is -0.414 e. The van der Waals surface area contributed by atoms with Gasteiger partial charge in [0, 0.05) is 12.0 Å². The summed E-state index contributed by atoms with van der Waals surface area (Å²) >= 11 is 0. The average molecular weight is 549 g/mol. The largest absolute Gasteiger partial charge is 0.414 e. The predicted octanol–water partition coefficient (Wildman–Crippen LogP) is 7.25. The molecule has 0 aliphatic heterocycles. The lowest BCUT2D eigenvalue weighted by molar-refractivity contribution is -0.114. The van der Waals surface area contributed by atoms with E-state index in [1.807, 2.05) is 0 Å². The Bertz CT molecular complexity index is 937. The van der Waals surface area contributed by atoms with E-state index in [9.17, 15) is 0 Å². The van der Waals surface area contributed by atoms with Crippen LogP contribution in [0, 0.1) is 34.5 Å². The van der Waals surface area contributed by atoms with E-state index in [4.69, 9.17) is 18.5 Å². The topological polar surface area (TPSA) is 61.6 Å². The standard InChI is InChI=1S/C29H52N2O4Si2/c1-28-16-15-21(30-32-3)17-20(28)11-12-22-23-13-14-24(25(31-33-4)19-34-36(5,6)7)29(23,2)18-26(27(22)28)35-37(8,9)10/h17,22-24,26-27H,11-16,18-19H2,1-10H3/b30-21+,31-25+/t22?,23?,24-,26?,27?,28+,29+/m1/s1. The Morgan fingerprint density at radius 1 is 0.973 bits per heavy atom. The van der Waals surface area contributed by atoms with Crippen molar-refractivity contribution in [1.29, 1.82) is 0 Å². The van der Waals surface area contributed by atoms with Crippen molar-refractivity contribution in [2.24, 2.45) is 44.8 Å². The monoisotopic (exact) mass is 548 g/mol. The summed E-state index contributed by atoms with van der Waals surface area (Å²) in [5, 5.41) is 8.92. The van der Waals surface area contributed by atoms with Crippen molar-refractivity contribution in [3.63, 3.8) is 0 Å². The molecule has 0 heterocycles. The Balaban J connectivity index is 1.71. The molecule has 0 aromatic rings. The van der Waals surface area contributed by atoms with Crippen LogP contribution in [0.4, 0.5) is 0 Å². The summed E-state index contributed by atoms with van der Waals surface area (Å²) < 4.78 is 13.6. The highest BCUT2D eigenvalue weighted by atomic mass is 28.4. The summed E-state index contributed by atoms with van der Waals surface area (Å²) in [4.78, 5) is 10.6. The van der Waals surface area contributed by atoms with E-state index in [0.717, 1.165) is 37.1 Å². The van der Waals surface area contributed by atoms with Gasteiger partial charge in [-0.15, -0.1) is 0 Å². The van der Waals surface area contributed by atoms with Gasteiger partial charge >= 0.3 is 0 Å². The number of hydrogen-bond donors (Lipinski definition) is 0. The predicted molar refractivity (Wildman–Crippen MR) is 157 cm³/mol. The third-order valence-corrected chi connectivity index (χ3v) is 11.9. The second-order valence-corrected chi connectivity index (χ2v) is 23.4. The van der Waals surface area contributed by atoms with Crippen molar-refractivity contribution in [2.75, 3.05) is 20.8 Å². The van der Waals surface area contributed by atoms with Gasteiger partial charge in [-0.05, 0) is 119 Å². The molecule has 4 aliphatic rings. The normalized spacial score (nSPS) is 39.5. The maximum Gasteiger partial charge on any atom is 0.184 e. The highest BCUT2D eigenvalue weighted by molar-refractivity contribution is 6.70.